The zero-order chi connectivity index (χ0) is 21.0. The Kier molecular flexibility index (Phi) is 8.01. The van der Waals surface area contributed by atoms with Crippen LogP contribution in [0.5, 0.6) is 0 Å². The van der Waals surface area contributed by atoms with Crippen LogP contribution < -0.4 is 5.43 Å². The van der Waals surface area contributed by atoms with Gasteiger partial charge in [0.25, 0.3) is 0 Å². The smallest absolute Gasteiger partial charge is 0.356 e. The second kappa shape index (κ2) is 9.17. The Morgan fingerprint density at radius 1 is 1.15 bits per heavy atom. The van der Waals surface area contributed by atoms with E-state index in [0.717, 1.165) is 0 Å². The van der Waals surface area contributed by atoms with Gasteiger partial charge in [0.15, 0.2) is 11.5 Å². The van der Waals surface area contributed by atoms with Gasteiger partial charge < -0.3 is 18.5 Å². The summed E-state index contributed by atoms with van der Waals surface area (Å²) in [7, 11) is -3.88. The van der Waals surface area contributed by atoms with Crippen molar-refractivity contribution in [2.75, 3.05) is 6.61 Å². The maximum Gasteiger partial charge on any atom is 0.356 e. The fourth-order valence-electron chi connectivity index (χ4n) is 2.40. The molecule has 0 aliphatic carbocycles. The second-order valence-corrected chi connectivity index (χ2v) is 9.71. The van der Waals surface area contributed by atoms with Crippen LogP contribution in [0.15, 0.2) is 5.10 Å². The largest absolute Gasteiger partial charge is 0.465 e. The van der Waals surface area contributed by atoms with Gasteiger partial charge in [0.05, 0.1) is 18.8 Å². The first kappa shape index (κ1) is 23.6. The van der Waals surface area contributed by atoms with Crippen molar-refractivity contribution in [2.24, 2.45) is 11.0 Å². The first-order chi connectivity index (χ1) is 12.3. The van der Waals surface area contributed by atoms with Crippen LogP contribution in [-0.2, 0) is 32.7 Å². The van der Waals surface area contributed by atoms with E-state index in [-0.39, 0.29) is 12.3 Å². The fourth-order valence-corrected chi connectivity index (χ4v) is 4.72. The summed E-state index contributed by atoms with van der Waals surface area (Å²) in [5.74, 6) is -4.01. The Morgan fingerprint density at radius 2 is 1.67 bits per heavy atom. The van der Waals surface area contributed by atoms with Crippen LogP contribution in [0.25, 0.3) is 0 Å². The Balaban J connectivity index is 3.27. The molecule has 0 saturated carbocycles. The molecule has 0 saturated heterocycles. The van der Waals surface area contributed by atoms with E-state index in [1.54, 1.807) is 55.4 Å². The van der Waals surface area contributed by atoms with E-state index in [1.165, 1.54) is 0 Å². The molecular formula is C17H31N2O7P. The molecule has 0 fully saturated rings. The van der Waals surface area contributed by atoms with Crippen LogP contribution in [0.1, 0.15) is 55.4 Å². The Hall–Kier alpha value is -1.44. The molecule has 0 radical (unpaired) electrons. The molecule has 10 heteroatoms. The van der Waals surface area contributed by atoms with Crippen molar-refractivity contribution < 1.29 is 32.7 Å². The Labute approximate surface area is 160 Å². The first-order valence-corrected chi connectivity index (χ1v) is 10.6. The maximum atomic E-state index is 13.5. The number of carbonyl (C=O) groups is 2. The van der Waals surface area contributed by atoms with Gasteiger partial charge in [-0.05, 0) is 55.4 Å². The number of ether oxygens (including phenoxy) is 2. The molecule has 0 bridgehead atoms. The first-order valence-electron chi connectivity index (χ1n) is 9.00. The van der Waals surface area contributed by atoms with E-state index in [9.17, 15) is 14.2 Å². The number of carbonyl (C=O) groups excluding carboxylic acids is 2. The highest BCUT2D eigenvalue weighted by Crippen LogP contribution is 2.57. The molecule has 0 aromatic carbocycles. The number of hydrogen-bond acceptors (Lipinski definition) is 9. The maximum absolute atomic E-state index is 13.5. The monoisotopic (exact) mass is 406 g/mol. The van der Waals surface area contributed by atoms with Crippen LogP contribution in [0, 0.1) is 5.92 Å². The van der Waals surface area contributed by atoms with Crippen LogP contribution in [0.4, 0.5) is 0 Å². The van der Waals surface area contributed by atoms with E-state index in [4.69, 9.17) is 18.5 Å². The second-order valence-electron chi connectivity index (χ2n) is 7.65. The quantitative estimate of drug-likeness (QED) is 0.484. The molecular weight excluding hydrogens is 375 g/mol. The van der Waals surface area contributed by atoms with Gasteiger partial charge in [0, 0.05) is 0 Å². The van der Waals surface area contributed by atoms with Crippen LogP contribution in [-0.4, -0.2) is 47.8 Å². The molecule has 1 rings (SSSR count). The molecule has 0 spiro atoms. The topological polar surface area (TPSA) is 113 Å². The van der Waals surface area contributed by atoms with Crippen molar-refractivity contribution in [3.8, 4) is 0 Å². The van der Waals surface area contributed by atoms with Gasteiger partial charge in [-0.25, -0.2) is 4.79 Å². The summed E-state index contributed by atoms with van der Waals surface area (Å²) < 4.78 is 35.0. The van der Waals surface area contributed by atoms with Gasteiger partial charge >= 0.3 is 19.5 Å². The predicted octanol–water partition coefficient (Wildman–Crippen LogP) is 2.84. The third-order valence-electron chi connectivity index (χ3n) is 3.13. The van der Waals surface area contributed by atoms with E-state index in [1.807, 2.05) is 0 Å². The van der Waals surface area contributed by atoms with Crippen molar-refractivity contribution in [1.29, 1.82) is 0 Å². The summed E-state index contributed by atoms with van der Waals surface area (Å²) in [5.41, 5.74) is 1.58. The summed E-state index contributed by atoms with van der Waals surface area (Å²) in [5, 5.41) is 3.93. The van der Waals surface area contributed by atoms with Gasteiger partial charge in [0.2, 0.25) is 0 Å². The Bertz CT molecular complexity index is 611. The minimum atomic E-state index is -3.88. The summed E-state index contributed by atoms with van der Waals surface area (Å²) in [6, 6.07) is 0. The highest BCUT2D eigenvalue weighted by Gasteiger charge is 2.54. The molecule has 0 aromatic heterocycles. The SMILES string of the molecule is CCOC(=O)[C@@H]1C(C(=O)OC(C)(C)C)=NN[C@H]1P(=O)(OC(C)C)OC(C)C. The van der Waals surface area contributed by atoms with Crippen molar-refractivity contribution >= 4 is 25.2 Å². The molecule has 1 aliphatic rings. The molecule has 1 aliphatic heterocycles. The molecule has 0 aromatic rings. The predicted molar refractivity (Wildman–Crippen MR) is 100 cm³/mol. The van der Waals surface area contributed by atoms with E-state index < -0.39 is 49.0 Å². The fraction of sp³-hybridized carbons (Fsp3) is 0.824. The average molecular weight is 406 g/mol. The lowest BCUT2D eigenvalue weighted by Crippen LogP contribution is -2.42. The van der Waals surface area contributed by atoms with Crippen LogP contribution >= 0.6 is 7.60 Å². The van der Waals surface area contributed by atoms with Crippen molar-refractivity contribution in [3.63, 3.8) is 0 Å². The number of esters is 2. The zero-order valence-corrected chi connectivity index (χ0v) is 18.2. The number of hydrazone groups is 1. The normalized spacial score (nSPS) is 20.4. The number of rotatable bonds is 8. The van der Waals surface area contributed by atoms with Crippen molar-refractivity contribution in [1.82, 2.24) is 5.43 Å². The molecule has 1 N–H and O–H groups in total. The van der Waals surface area contributed by atoms with Gasteiger partial charge in [-0.15, -0.1) is 0 Å². The van der Waals surface area contributed by atoms with Gasteiger partial charge in [-0.1, -0.05) is 0 Å². The standard InChI is InChI=1S/C17H31N2O7P/c1-9-23-15(20)12-13(16(21)24-17(6,7)8)18-19-14(12)27(22,25-10(2)3)26-11(4)5/h10-12,14,19H,9H2,1-8H3/t12-,14+/m1/s1. The molecule has 0 unspecified atom stereocenters. The summed E-state index contributed by atoms with van der Waals surface area (Å²) in [6.45, 7) is 13.6. The summed E-state index contributed by atoms with van der Waals surface area (Å²) >= 11 is 0. The van der Waals surface area contributed by atoms with E-state index >= 15 is 0 Å². The number of nitrogens with one attached hydrogen (secondary N) is 1. The molecule has 2 atom stereocenters. The third-order valence-corrected chi connectivity index (χ3v) is 5.66. The molecule has 156 valence electrons. The zero-order valence-electron chi connectivity index (χ0n) is 17.3. The molecule has 27 heavy (non-hydrogen) atoms. The van der Waals surface area contributed by atoms with E-state index in [2.05, 4.69) is 10.5 Å². The minimum absolute atomic E-state index is 0.0873. The van der Waals surface area contributed by atoms with Crippen molar-refractivity contribution in [2.45, 2.75) is 79.0 Å². The molecule has 0 amide bonds. The Morgan fingerprint density at radius 3 is 2.07 bits per heavy atom. The third kappa shape index (κ3) is 6.59. The lowest BCUT2D eigenvalue weighted by molar-refractivity contribution is -0.150. The number of hydrogen-bond donors (Lipinski definition) is 1. The average Bonchev–Trinajstić information content (AvgIpc) is 2.89. The lowest BCUT2D eigenvalue weighted by Gasteiger charge is -2.30. The minimum Gasteiger partial charge on any atom is -0.465 e. The molecule has 1 heterocycles. The van der Waals surface area contributed by atoms with Crippen LogP contribution in [0.3, 0.4) is 0 Å². The summed E-state index contributed by atoms with van der Waals surface area (Å²) in [4.78, 5) is 25.1. The lowest BCUT2D eigenvalue weighted by atomic mass is 10.0. The van der Waals surface area contributed by atoms with Gasteiger partial charge in [-0.2, -0.15) is 5.10 Å². The van der Waals surface area contributed by atoms with E-state index in [0.29, 0.717) is 0 Å². The highest BCUT2D eigenvalue weighted by atomic mass is 31.2. The van der Waals surface area contributed by atoms with Gasteiger partial charge in [-0.3, -0.25) is 14.8 Å². The number of nitrogens with zero attached hydrogens (tertiary/aromatic N) is 1. The molecule has 9 nitrogen and oxygen atoms in total. The highest BCUT2D eigenvalue weighted by molar-refractivity contribution is 7.54. The van der Waals surface area contributed by atoms with Gasteiger partial charge in [0.1, 0.15) is 11.5 Å². The van der Waals surface area contributed by atoms with Crippen LogP contribution in [0.2, 0.25) is 0 Å². The van der Waals surface area contributed by atoms with Crippen molar-refractivity contribution in [3.05, 3.63) is 0 Å². The summed E-state index contributed by atoms with van der Waals surface area (Å²) in [6.07, 6.45) is -0.880.